The molecule has 0 saturated heterocycles. The second-order valence-electron chi connectivity index (χ2n) is 5.38. The predicted molar refractivity (Wildman–Crippen MR) is 81.5 cm³/mol. The minimum Gasteiger partial charge on any atom is -0.328 e. The van der Waals surface area contributed by atoms with Gasteiger partial charge < -0.3 is 4.57 Å². The predicted octanol–water partition coefficient (Wildman–Crippen LogP) is 4.58. The van der Waals surface area contributed by atoms with Gasteiger partial charge in [0.1, 0.15) is 5.82 Å². The van der Waals surface area contributed by atoms with Gasteiger partial charge in [-0.15, -0.1) is 0 Å². The molecule has 0 saturated carbocycles. The van der Waals surface area contributed by atoms with E-state index in [0.717, 1.165) is 18.1 Å². The second-order valence-corrected chi connectivity index (χ2v) is 5.38. The Balaban J connectivity index is 2.58. The van der Waals surface area contributed by atoms with Crippen LogP contribution in [0, 0.1) is 27.7 Å². The average Bonchev–Trinajstić information content (AvgIpc) is 2.63. The molecular formula is C17H24N2. The maximum atomic E-state index is 4.82. The van der Waals surface area contributed by atoms with Crippen molar-refractivity contribution in [3.63, 3.8) is 0 Å². The van der Waals surface area contributed by atoms with Crippen molar-refractivity contribution in [2.75, 3.05) is 0 Å². The van der Waals surface area contributed by atoms with Gasteiger partial charge in [0.15, 0.2) is 0 Å². The number of hydrogen-bond acceptors (Lipinski definition) is 1. The maximum absolute atomic E-state index is 4.82. The molecule has 0 fully saturated rings. The van der Waals surface area contributed by atoms with Gasteiger partial charge in [-0.2, -0.15) is 0 Å². The van der Waals surface area contributed by atoms with Gasteiger partial charge in [-0.25, -0.2) is 4.98 Å². The summed E-state index contributed by atoms with van der Waals surface area (Å²) in [6.07, 6.45) is 2.41. The SMILES string of the molecule is CCCCn1c(-c2c(C)cccc2C)nc(C)c1C. The Kier molecular flexibility index (Phi) is 4.08. The van der Waals surface area contributed by atoms with E-state index >= 15 is 0 Å². The first kappa shape index (κ1) is 13.9. The molecule has 2 heteroatoms. The smallest absolute Gasteiger partial charge is 0.140 e. The fourth-order valence-electron chi connectivity index (χ4n) is 2.60. The zero-order chi connectivity index (χ0) is 14.0. The molecule has 1 aromatic carbocycles. The van der Waals surface area contributed by atoms with Gasteiger partial charge in [0.25, 0.3) is 0 Å². The van der Waals surface area contributed by atoms with Crippen LogP contribution in [-0.2, 0) is 6.54 Å². The van der Waals surface area contributed by atoms with Gasteiger partial charge in [-0.3, -0.25) is 0 Å². The summed E-state index contributed by atoms with van der Waals surface area (Å²) in [5, 5.41) is 0. The van der Waals surface area contributed by atoms with Crippen molar-refractivity contribution in [1.29, 1.82) is 0 Å². The van der Waals surface area contributed by atoms with E-state index in [4.69, 9.17) is 4.98 Å². The third-order valence-electron chi connectivity index (χ3n) is 3.90. The highest BCUT2D eigenvalue weighted by molar-refractivity contribution is 5.65. The van der Waals surface area contributed by atoms with E-state index < -0.39 is 0 Å². The fourth-order valence-corrected chi connectivity index (χ4v) is 2.60. The molecular weight excluding hydrogens is 232 g/mol. The molecule has 0 amide bonds. The lowest BCUT2D eigenvalue weighted by molar-refractivity contribution is 0.623. The van der Waals surface area contributed by atoms with Crippen molar-refractivity contribution in [2.24, 2.45) is 0 Å². The normalized spacial score (nSPS) is 11.0. The second kappa shape index (κ2) is 5.60. The van der Waals surface area contributed by atoms with E-state index in [-0.39, 0.29) is 0 Å². The van der Waals surface area contributed by atoms with Crippen molar-refractivity contribution in [3.8, 4) is 11.4 Å². The molecule has 1 aromatic heterocycles. The van der Waals surface area contributed by atoms with Gasteiger partial charge in [-0.05, 0) is 45.2 Å². The first-order valence-corrected chi connectivity index (χ1v) is 7.16. The maximum Gasteiger partial charge on any atom is 0.140 e. The molecule has 0 bridgehead atoms. The Bertz CT molecular complexity index is 559. The molecule has 2 nitrogen and oxygen atoms in total. The van der Waals surface area contributed by atoms with Crippen LogP contribution in [0.2, 0.25) is 0 Å². The van der Waals surface area contributed by atoms with E-state index in [1.807, 2.05) is 0 Å². The molecule has 0 N–H and O–H groups in total. The highest BCUT2D eigenvalue weighted by Gasteiger charge is 2.15. The minimum absolute atomic E-state index is 1.06. The molecule has 0 aliphatic heterocycles. The number of nitrogens with zero attached hydrogens (tertiary/aromatic N) is 2. The average molecular weight is 256 g/mol. The van der Waals surface area contributed by atoms with Crippen LogP contribution in [0.25, 0.3) is 11.4 Å². The molecule has 19 heavy (non-hydrogen) atoms. The first-order valence-electron chi connectivity index (χ1n) is 7.16. The van der Waals surface area contributed by atoms with Crippen LogP contribution in [0.4, 0.5) is 0 Å². The van der Waals surface area contributed by atoms with Crippen LogP contribution in [0.3, 0.4) is 0 Å². The Labute approximate surface area is 116 Å². The largest absolute Gasteiger partial charge is 0.328 e. The standard InChI is InChI=1S/C17H24N2/c1-6-7-11-19-15(5)14(4)18-17(19)16-12(2)9-8-10-13(16)3/h8-10H,6-7,11H2,1-5H3. The quantitative estimate of drug-likeness (QED) is 0.782. The summed E-state index contributed by atoms with van der Waals surface area (Å²) in [7, 11) is 0. The van der Waals surface area contributed by atoms with Crippen molar-refractivity contribution in [3.05, 3.63) is 40.7 Å². The van der Waals surface area contributed by atoms with E-state index in [2.05, 4.69) is 57.4 Å². The van der Waals surface area contributed by atoms with E-state index in [9.17, 15) is 0 Å². The first-order chi connectivity index (χ1) is 9.06. The summed E-state index contributed by atoms with van der Waals surface area (Å²) in [5.41, 5.74) is 6.36. The van der Waals surface area contributed by atoms with E-state index in [1.54, 1.807) is 0 Å². The third kappa shape index (κ3) is 2.58. The molecule has 0 aliphatic rings. The van der Waals surface area contributed by atoms with Crippen LogP contribution in [0.15, 0.2) is 18.2 Å². The molecule has 0 radical (unpaired) electrons. The lowest BCUT2D eigenvalue weighted by atomic mass is 10.0. The van der Waals surface area contributed by atoms with Crippen molar-refractivity contribution < 1.29 is 0 Å². The summed E-state index contributed by atoms with van der Waals surface area (Å²) >= 11 is 0. The number of imidazole rings is 1. The number of unbranched alkanes of at least 4 members (excludes halogenated alkanes) is 1. The zero-order valence-corrected chi connectivity index (χ0v) is 12.7. The monoisotopic (exact) mass is 256 g/mol. The van der Waals surface area contributed by atoms with Crippen LogP contribution >= 0.6 is 0 Å². The minimum atomic E-state index is 1.06. The molecule has 1 heterocycles. The summed E-state index contributed by atoms with van der Waals surface area (Å²) in [4.78, 5) is 4.82. The number of aryl methyl sites for hydroxylation is 3. The van der Waals surface area contributed by atoms with E-state index in [0.29, 0.717) is 0 Å². The molecule has 0 atom stereocenters. The molecule has 2 rings (SSSR count). The highest BCUT2D eigenvalue weighted by atomic mass is 15.1. The van der Waals surface area contributed by atoms with Crippen LogP contribution < -0.4 is 0 Å². The van der Waals surface area contributed by atoms with Crippen molar-refractivity contribution >= 4 is 0 Å². The third-order valence-corrected chi connectivity index (χ3v) is 3.90. The van der Waals surface area contributed by atoms with Gasteiger partial charge in [-0.1, -0.05) is 31.5 Å². The van der Waals surface area contributed by atoms with Gasteiger partial charge >= 0.3 is 0 Å². The Morgan fingerprint density at radius 3 is 2.26 bits per heavy atom. The Morgan fingerprint density at radius 2 is 1.68 bits per heavy atom. The fraction of sp³-hybridized carbons (Fsp3) is 0.471. The molecule has 0 spiro atoms. The Morgan fingerprint density at radius 1 is 1.05 bits per heavy atom. The van der Waals surface area contributed by atoms with Crippen LogP contribution in [0.5, 0.6) is 0 Å². The van der Waals surface area contributed by atoms with Crippen molar-refractivity contribution in [2.45, 2.75) is 54.0 Å². The lowest BCUT2D eigenvalue weighted by Gasteiger charge is -2.13. The lowest BCUT2D eigenvalue weighted by Crippen LogP contribution is -2.04. The van der Waals surface area contributed by atoms with Crippen LogP contribution in [-0.4, -0.2) is 9.55 Å². The van der Waals surface area contributed by atoms with Gasteiger partial charge in [0, 0.05) is 17.8 Å². The summed E-state index contributed by atoms with van der Waals surface area (Å²) in [6, 6.07) is 6.46. The summed E-state index contributed by atoms with van der Waals surface area (Å²) < 4.78 is 2.38. The zero-order valence-electron chi connectivity index (χ0n) is 12.7. The Hall–Kier alpha value is -1.57. The summed E-state index contributed by atoms with van der Waals surface area (Å²) in [6.45, 7) is 11.9. The van der Waals surface area contributed by atoms with Gasteiger partial charge in [0.05, 0.1) is 5.69 Å². The number of benzene rings is 1. The molecule has 102 valence electrons. The number of aromatic nitrogens is 2. The van der Waals surface area contributed by atoms with Gasteiger partial charge in [0.2, 0.25) is 0 Å². The van der Waals surface area contributed by atoms with Crippen LogP contribution in [0.1, 0.15) is 42.3 Å². The molecule has 0 aliphatic carbocycles. The van der Waals surface area contributed by atoms with E-state index in [1.165, 1.54) is 35.2 Å². The topological polar surface area (TPSA) is 17.8 Å². The number of rotatable bonds is 4. The van der Waals surface area contributed by atoms with Crippen molar-refractivity contribution in [1.82, 2.24) is 9.55 Å². The molecule has 0 unspecified atom stereocenters. The summed E-state index contributed by atoms with van der Waals surface area (Å²) in [5.74, 6) is 1.14. The number of hydrogen-bond donors (Lipinski definition) is 0. The highest BCUT2D eigenvalue weighted by Crippen LogP contribution is 2.28. The molecule has 2 aromatic rings.